The Hall–Kier alpha value is -3.21. The third kappa shape index (κ3) is 4.80. The molecule has 0 bridgehead atoms. The first-order valence-electron chi connectivity index (χ1n) is 10.2. The second-order valence-electron chi connectivity index (χ2n) is 7.63. The summed E-state index contributed by atoms with van der Waals surface area (Å²) in [5.41, 5.74) is 4.25. The van der Waals surface area contributed by atoms with Crippen molar-refractivity contribution in [2.24, 2.45) is 5.92 Å². The number of anilines is 1. The van der Waals surface area contributed by atoms with Crippen molar-refractivity contribution in [2.45, 2.75) is 26.3 Å². The predicted octanol–water partition coefficient (Wildman–Crippen LogP) is 3.98. The lowest BCUT2D eigenvalue weighted by Gasteiger charge is -2.32. The number of nitrogens with one attached hydrogen (secondary N) is 1. The number of amides is 1. The molecule has 1 aliphatic rings. The van der Waals surface area contributed by atoms with Gasteiger partial charge in [-0.1, -0.05) is 60.2 Å². The van der Waals surface area contributed by atoms with Crippen molar-refractivity contribution in [2.75, 3.05) is 18.0 Å². The van der Waals surface area contributed by atoms with E-state index in [2.05, 4.69) is 39.5 Å². The van der Waals surface area contributed by atoms with Crippen molar-refractivity contribution in [3.05, 3.63) is 77.9 Å². The number of aryl methyl sites for hydroxylation is 1. The Morgan fingerprint density at radius 3 is 2.69 bits per heavy atom. The second-order valence-corrected chi connectivity index (χ2v) is 7.63. The zero-order valence-corrected chi connectivity index (χ0v) is 16.7. The van der Waals surface area contributed by atoms with Crippen molar-refractivity contribution in [1.29, 1.82) is 0 Å². The van der Waals surface area contributed by atoms with E-state index >= 15 is 0 Å². The number of nitrogens with zero attached hydrogens (tertiary/aromatic N) is 3. The molecule has 5 heteroatoms. The van der Waals surface area contributed by atoms with Crippen molar-refractivity contribution in [3.8, 4) is 11.3 Å². The molecular formula is C24H26N4O. The summed E-state index contributed by atoms with van der Waals surface area (Å²) >= 11 is 0. The molecular weight excluding hydrogens is 360 g/mol. The van der Waals surface area contributed by atoms with Crippen LogP contribution in [0.4, 0.5) is 5.82 Å². The monoisotopic (exact) mass is 386 g/mol. The van der Waals surface area contributed by atoms with Crippen molar-refractivity contribution in [1.82, 2.24) is 15.5 Å². The molecule has 0 saturated carbocycles. The summed E-state index contributed by atoms with van der Waals surface area (Å²) in [6, 6.07) is 22.3. The van der Waals surface area contributed by atoms with Crippen LogP contribution in [-0.4, -0.2) is 29.2 Å². The van der Waals surface area contributed by atoms with Gasteiger partial charge in [0.15, 0.2) is 5.82 Å². The van der Waals surface area contributed by atoms with Gasteiger partial charge in [0.05, 0.1) is 11.6 Å². The summed E-state index contributed by atoms with van der Waals surface area (Å²) < 4.78 is 0. The van der Waals surface area contributed by atoms with Crippen LogP contribution >= 0.6 is 0 Å². The maximum Gasteiger partial charge on any atom is 0.225 e. The molecule has 1 amide bonds. The standard InChI is InChI=1S/C24H26N4O/c1-18-7-5-8-19(15-18)16-25-24(29)21-11-6-14-28(17-21)23-13-12-22(26-27-23)20-9-3-2-4-10-20/h2-5,7-10,12-13,15,21H,6,11,14,16-17H2,1H3,(H,25,29). The van der Waals surface area contributed by atoms with Gasteiger partial charge in [-0.2, -0.15) is 0 Å². The van der Waals surface area contributed by atoms with E-state index in [0.29, 0.717) is 13.1 Å². The molecule has 1 aromatic heterocycles. The van der Waals surface area contributed by atoms with Gasteiger partial charge in [0, 0.05) is 25.2 Å². The van der Waals surface area contributed by atoms with Crippen molar-refractivity contribution < 1.29 is 4.79 Å². The lowest BCUT2D eigenvalue weighted by atomic mass is 9.97. The van der Waals surface area contributed by atoms with Gasteiger partial charge in [-0.3, -0.25) is 4.79 Å². The molecule has 1 unspecified atom stereocenters. The van der Waals surface area contributed by atoms with Crippen LogP contribution in [0.15, 0.2) is 66.7 Å². The zero-order chi connectivity index (χ0) is 20.1. The number of hydrogen-bond acceptors (Lipinski definition) is 4. The summed E-state index contributed by atoms with van der Waals surface area (Å²) in [5.74, 6) is 0.926. The minimum absolute atomic E-state index is 0.0239. The summed E-state index contributed by atoms with van der Waals surface area (Å²) in [6.45, 7) is 4.22. The highest BCUT2D eigenvalue weighted by molar-refractivity contribution is 5.79. The van der Waals surface area contributed by atoms with Crippen LogP contribution in [-0.2, 0) is 11.3 Å². The molecule has 5 nitrogen and oxygen atoms in total. The molecule has 1 saturated heterocycles. The fourth-order valence-corrected chi connectivity index (χ4v) is 3.81. The Morgan fingerprint density at radius 2 is 1.93 bits per heavy atom. The van der Waals surface area contributed by atoms with Gasteiger partial charge in [-0.05, 0) is 37.5 Å². The van der Waals surface area contributed by atoms with E-state index < -0.39 is 0 Å². The molecule has 148 valence electrons. The number of carbonyl (C=O) groups is 1. The maximum absolute atomic E-state index is 12.7. The Bertz CT molecular complexity index is 956. The van der Waals surface area contributed by atoms with Crippen LogP contribution in [0.2, 0.25) is 0 Å². The smallest absolute Gasteiger partial charge is 0.225 e. The topological polar surface area (TPSA) is 58.1 Å². The van der Waals surface area contributed by atoms with Gasteiger partial charge in [-0.25, -0.2) is 0 Å². The first-order valence-corrected chi connectivity index (χ1v) is 10.2. The Morgan fingerprint density at radius 1 is 1.07 bits per heavy atom. The quantitative estimate of drug-likeness (QED) is 0.720. The zero-order valence-electron chi connectivity index (χ0n) is 16.7. The second kappa shape index (κ2) is 8.86. The highest BCUT2D eigenvalue weighted by atomic mass is 16.1. The molecule has 0 spiro atoms. The molecule has 3 aromatic rings. The predicted molar refractivity (Wildman–Crippen MR) is 115 cm³/mol. The minimum Gasteiger partial charge on any atom is -0.354 e. The molecule has 0 aliphatic carbocycles. The van der Waals surface area contributed by atoms with E-state index in [9.17, 15) is 4.79 Å². The van der Waals surface area contributed by atoms with Crippen LogP contribution in [0.25, 0.3) is 11.3 Å². The average Bonchev–Trinajstić information content (AvgIpc) is 2.78. The molecule has 2 heterocycles. The van der Waals surface area contributed by atoms with E-state index in [4.69, 9.17) is 0 Å². The van der Waals surface area contributed by atoms with E-state index in [-0.39, 0.29) is 11.8 Å². The van der Waals surface area contributed by atoms with E-state index in [0.717, 1.165) is 42.0 Å². The van der Waals surface area contributed by atoms with Crippen molar-refractivity contribution in [3.63, 3.8) is 0 Å². The number of benzene rings is 2. The van der Waals surface area contributed by atoms with Gasteiger partial charge >= 0.3 is 0 Å². The van der Waals surface area contributed by atoms with Gasteiger partial charge in [0.1, 0.15) is 0 Å². The van der Waals surface area contributed by atoms with Gasteiger partial charge in [0.2, 0.25) is 5.91 Å². The fraction of sp³-hybridized carbons (Fsp3) is 0.292. The van der Waals surface area contributed by atoms with E-state index in [1.165, 1.54) is 5.56 Å². The van der Waals surface area contributed by atoms with Gasteiger partial charge in [0.25, 0.3) is 0 Å². The molecule has 1 aliphatic heterocycles. The molecule has 4 rings (SSSR count). The number of carbonyl (C=O) groups excluding carboxylic acids is 1. The third-order valence-corrected chi connectivity index (χ3v) is 5.39. The normalized spacial score (nSPS) is 16.4. The summed E-state index contributed by atoms with van der Waals surface area (Å²) in [4.78, 5) is 14.9. The third-order valence-electron chi connectivity index (χ3n) is 5.39. The lowest BCUT2D eigenvalue weighted by Crippen LogP contribution is -2.43. The van der Waals surface area contributed by atoms with Crippen molar-refractivity contribution >= 4 is 11.7 Å². The lowest BCUT2D eigenvalue weighted by molar-refractivity contribution is -0.125. The van der Waals surface area contributed by atoms with Crippen LogP contribution in [0.3, 0.4) is 0 Å². The minimum atomic E-state index is -0.0239. The molecule has 1 N–H and O–H groups in total. The highest BCUT2D eigenvalue weighted by Crippen LogP contribution is 2.23. The van der Waals surface area contributed by atoms with E-state index in [1.807, 2.05) is 54.6 Å². The first-order chi connectivity index (χ1) is 14.2. The van der Waals surface area contributed by atoms with Gasteiger partial charge < -0.3 is 10.2 Å². The molecule has 1 atom stereocenters. The van der Waals surface area contributed by atoms with E-state index in [1.54, 1.807) is 0 Å². The average molecular weight is 386 g/mol. The Labute approximate surface area is 171 Å². The Balaban J connectivity index is 1.37. The molecule has 0 radical (unpaired) electrons. The molecule has 29 heavy (non-hydrogen) atoms. The maximum atomic E-state index is 12.7. The largest absolute Gasteiger partial charge is 0.354 e. The number of rotatable bonds is 5. The fourth-order valence-electron chi connectivity index (χ4n) is 3.81. The Kier molecular flexibility index (Phi) is 5.84. The number of hydrogen-bond donors (Lipinski definition) is 1. The van der Waals surface area contributed by atoms with Crippen LogP contribution in [0, 0.1) is 12.8 Å². The van der Waals surface area contributed by atoms with Crippen LogP contribution < -0.4 is 10.2 Å². The molecule has 2 aromatic carbocycles. The van der Waals surface area contributed by atoms with Crippen LogP contribution in [0.1, 0.15) is 24.0 Å². The first kappa shape index (κ1) is 19.1. The number of piperidine rings is 1. The summed E-state index contributed by atoms with van der Waals surface area (Å²) in [7, 11) is 0. The summed E-state index contributed by atoms with van der Waals surface area (Å²) in [5, 5.41) is 11.9. The highest BCUT2D eigenvalue weighted by Gasteiger charge is 2.26. The number of aromatic nitrogens is 2. The molecule has 1 fully saturated rings. The SMILES string of the molecule is Cc1cccc(CNC(=O)C2CCCN(c3ccc(-c4ccccc4)nn3)C2)c1. The van der Waals surface area contributed by atoms with Crippen LogP contribution in [0.5, 0.6) is 0 Å². The summed E-state index contributed by atoms with van der Waals surface area (Å²) in [6.07, 6.45) is 1.89. The van der Waals surface area contributed by atoms with Gasteiger partial charge in [-0.15, -0.1) is 10.2 Å².